The van der Waals surface area contributed by atoms with Gasteiger partial charge < -0.3 is 20.4 Å². The van der Waals surface area contributed by atoms with E-state index in [1.54, 1.807) is 6.07 Å². The van der Waals surface area contributed by atoms with E-state index >= 15 is 0 Å². The molecule has 1 aliphatic rings. The van der Waals surface area contributed by atoms with E-state index in [0.717, 1.165) is 4.68 Å². The van der Waals surface area contributed by atoms with Crippen LogP contribution in [0.25, 0.3) is 5.69 Å². The van der Waals surface area contributed by atoms with Crippen LogP contribution in [0, 0.1) is 5.82 Å². The highest BCUT2D eigenvalue weighted by molar-refractivity contribution is 9.10. The van der Waals surface area contributed by atoms with Gasteiger partial charge in [0.05, 0.1) is 35.1 Å². The Morgan fingerprint density at radius 2 is 2.19 bits per heavy atom. The molecule has 1 aliphatic heterocycles. The predicted molar refractivity (Wildman–Crippen MR) is 114 cm³/mol. The van der Waals surface area contributed by atoms with E-state index in [4.69, 9.17) is 10.5 Å². The number of rotatable bonds is 5. The van der Waals surface area contributed by atoms with Crippen molar-refractivity contribution in [3.8, 4) is 5.69 Å². The van der Waals surface area contributed by atoms with Crippen molar-refractivity contribution in [2.24, 2.45) is 0 Å². The molecule has 1 saturated heterocycles. The third-order valence-electron chi connectivity index (χ3n) is 4.73. The van der Waals surface area contributed by atoms with Crippen molar-refractivity contribution in [2.75, 3.05) is 23.7 Å². The Labute approximate surface area is 189 Å². The highest BCUT2D eigenvalue weighted by atomic mass is 79.9. The average molecular weight is 506 g/mol. The SMILES string of the molecule is CC(=O)NCC1CN(c2ccc(-n3cnc(C(=O)n4ncc(Br)c4N)c3)c(F)c2)C(=O)O1. The van der Waals surface area contributed by atoms with Gasteiger partial charge >= 0.3 is 6.09 Å². The molecule has 1 fully saturated rings. The fourth-order valence-electron chi connectivity index (χ4n) is 3.14. The summed E-state index contributed by atoms with van der Waals surface area (Å²) >= 11 is 3.17. The Morgan fingerprint density at radius 1 is 1.41 bits per heavy atom. The molecule has 0 spiro atoms. The summed E-state index contributed by atoms with van der Waals surface area (Å²) in [4.78, 5) is 41.0. The number of nitrogens with zero attached hydrogens (tertiary/aromatic N) is 5. The van der Waals surface area contributed by atoms with Crippen molar-refractivity contribution < 1.29 is 23.5 Å². The van der Waals surface area contributed by atoms with Crippen LogP contribution in [-0.2, 0) is 9.53 Å². The monoisotopic (exact) mass is 505 g/mol. The number of ether oxygens (including phenoxy) is 1. The molecule has 13 heteroatoms. The molecule has 1 aromatic carbocycles. The minimum Gasteiger partial charge on any atom is -0.442 e. The second kappa shape index (κ2) is 8.42. The number of hydrogen-bond acceptors (Lipinski definition) is 7. The molecule has 166 valence electrons. The van der Waals surface area contributed by atoms with Gasteiger partial charge in [0.1, 0.15) is 29.8 Å². The van der Waals surface area contributed by atoms with Crippen LogP contribution >= 0.6 is 15.9 Å². The summed E-state index contributed by atoms with van der Waals surface area (Å²) in [6.07, 6.45) is 2.85. The molecule has 4 rings (SSSR count). The van der Waals surface area contributed by atoms with E-state index in [0.29, 0.717) is 10.2 Å². The molecule has 3 aromatic rings. The second-order valence-corrected chi connectivity index (χ2v) is 7.80. The molecule has 11 nitrogen and oxygen atoms in total. The number of benzene rings is 1. The molecule has 0 bridgehead atoms. The lowest BCUT2D eigenvalue weighted by Crippen LogP contribution is -2.33. The topological polar surface area (TPSA) is 137 Å². The van der Waals surface area contributed by atoms with E-state index in [-0.39, 0.29) is 36.2 Å². The first kappa shape index (κ1) is 21.5. The number of nitrogens with two attached hydrogens (primary N) is 1. The van der Waals surface area contributed by atoms with E-state index in [1.165, 1.54) is 47.2 Å². The zero-order valence-corrected chi connectivity index (χ0v) is 18.2. The fourth-order valence-corrected chi connectivity index (χ4v) is 3.40. The summed E-state index contributed by atoms with van der Waals surface area (Å²) in [6.45, 7) is 1.70. The van der Waals surface area contributed by atoms with Crippen LogP contribution in [0.1, 0.15) is 17.4 Å². The highest BCUT2D eigenvalue weighted by Gasteiger charge is 2.32. The molecule has 2 amide bonds. The first-order valence-corrected chi connectivity index (χ1v) is 10.1. The summed E-state index contributed by atoms with van der Waals surface area (Å²) in [7, 11) is 0. The molecule has 2 aromatic heterocycles. The van der Waals surface area contributed by atoms with Gasteiger partial charge in [-0.05, 0) is 34.1 Å². The van der Waals surface area contributed by atoms with E-state index in [2.05, 4.69) is 31.3 Å². The minimum absolute atomic E-state index is 0.0136. The smallest absolute Gasteiger partial charge is 0.414 e. The summed E-state index contributed by atoms with van der Waals surface area (Å²) in [6, 6.07) is 4.18. The number of nitrogens with one attached hydrogen (secondary N) is 1. The summed E-state index contributed by atoms with van der Waals surface area (Å²) in [5.74, 6) is -1.34. The Kier molecular flexibility index (Phi) is 5.65. The molecular formula is C19H17BrFN7O4. The molecule has 32 heavy (non-hydrogen) atoms. The number of amides is 2. The first-order valence-electron chi connectivity index (χ1n) is 9.34. The molecule has 0 aliphatic carbocycles. The van der Waals surface area contributed by atoms with Crippen LogP contribution in [0.15, 0.2) is 41.4 Å². The van der Waals surface area contributed by atoms with Crippen LogP contribution in [0.3, 0.4) is 0 Å². The van der Waals surface area contributed by atoms with Crippen LogP contribution in [-0.4, -0.2) is 56.4 Å². The van der Waals surface area contributed by atoms with Gasteiger partial charge in [0.15, 0.2) is 0 Å². The Bertz CT molecular complexity index is 1220. The van der Waals surface area contributed by atoms with Gasteiger partial charge in [-0.3, -0.25) is 14.5 Å². The van der Waals surface area contributed by atoms with Gasteiger partial charge in [0.25, 0.3) is 5.91 Å². The lowest BCUT2D eigenvalue weighted by molar-refractivity contribution is -0.119. The molecular weight excluding hydrogens is 489 g/mol. The maximum absolute atomic E-state index is 14.9. The number of imidazole rings is 1. The third-order valence-corrected chi connectivity index (χ3v) is 5.34. The predicted octanol–water partition coefficient (Wildman–Crippen LogP) is 1.70. The van der Waals surface area contributed by atoms with Crippen molar-refractivity contribution in [3.63, 3.8) is 0 Å². The van der Waals surface area contributed by atoms with Crippen molar-refractivity contribution in [1.29, 1.82) is 0 Å². The first-order chi connectivity index (χ1) is 15.2. The molecule has 1 unspecified atom stereocenters. The van der Waals surface area contributed by atoms with Gasteiger partial charge in [-0.25, -0.2) is 14.2 Å². The Balaban J connectivity index is 1.52. The van der Waals surface area contributed by atoms with E-state index in [9.17, 15) is 18.8 Å². The largest absolute Gasteiger partial charge is 0.442 e. The zero-order valence-electron chi connectivity index (χ0n) is 16.7. The average Bonchev–Trinajstić information content (AvgIpc) is 3.46. The van der Waals surface area contributed by atoms with Crippen molar-refractivity contribution in [1.82, 2.24) is 24.6 Å². The summed E-state index contributed by atoms with van der Waals surface area (Å²) < 4.78 is 22.8. The summed E-state index contributed by atoms with van der Waals surface area (Å²) in [5.41, 5.74) is 6.22. The van der Waals surface area contributed by atoms with Crippen molar-refractivity contribution in [2.45, 2.75) is 13.0 Å². The van der Waals surface area contributed by atoms with Crippen molar-refractivity contribution in [3.05, 3.63) is 52.9 Å². The van der Waals surface area contributed by atoms with Gasteiger partial charge in [-0.1, -0.05) is 0 Å². The van der Waals surface area contributed by atoms with Crippen LogP contribution in [0.4, 0.5) is 20.7 Å². The summed E-state index contributed by atoms with van der Waals surface area (Å²) in [5, 5.41) is 6.46. The number of carbonyl (C=O) groups is 3. The minimum atomic E-state index is -0.640. The quantitative estimate of drug-likeness (QED) is 0.538. The van der Waals surface area contributed by atoms with Gasteiger partial charge in [0, 0.05) is 13.1 Å². The Hall–Kier alpha value is -3.74. The van der Waals surface area contributed by atoms with E-state index < -0.39 is 23.9 Å². The number of aromatic nitrogens is 4. The normalized spacial score (nSPS) is 15.7. The molecule has 3 heterocycles. The second-order valence-electron chi connectivity index (χ2n) is 6.95. The molecule has 0 radical (unpaired) electrons. The van der Waals surface area contributed by atoms with Crippen LogP contribution in [0.5, 0.6) is 0 Å². The molecule has 3 N–H and O–H groups in total. The standard InChI is InChI=1S/C19H17BrFN7O4/c1-10(29)23-5-12-7-27(19(31)32-12)11-2-3-16(14(21)4-11)26-8-15(24-9-26)18(30)28-17(22)13(20)6-25-28/h2-4,6,8-9,12H,5,7,22H2,1H3,(H,23,29). The maximum Gasteiger partial charge on any atom is 0.414 e. The van der Waals surface area contributed by atoms with Crippen molar-refractivity contribution >= 4 is 45.3 Å². The number of anilines is 2. The zero-order chi connectivity index (χ0) is 23.0. The van der Waals surface area contributed by atoms with Gasteiger partial charge in [0.2, 0.25) is 5.91 Å². The lowest BCUT2D eigenvalue weighted by Gasteiger charge is -2.14. The third kappa shape index (κ3) is 4.06. The number of nitrogen functional groups attached to an aromatic ring is 1. The number of carbonyl (C=O) groups excluding carboxylic acids is 3. The molecule has 1 atom stereocenters. The van der Waals surface area contributed by atoms with Gasteiger partial charge in [-0.15, -0.1) is 0 Å². The van der Waals surface area contributed by atoms with Crippen LogP contribution < -0.4 is 16.0 Å². The number of halogens is 2. The lowest BCUT2D eigenvalue weighted by atomic mass is 10.2. The highest BCUT2D eigenvalue weighted by Crippen LogP contribution is 2.26. The van der Waals surface area contributed by atoms with Crippen LogP contribution in [0.2, 0.25) is 0 Å². The molecule has 0 saturated carbocycles. The number of hydrogen-bond donors (Lipinski definition) is 2. The fraction of sp³-hybridized carbons (Fsp3) is 0.211. The van der Waals surface area contributed by atoms with E-state index in [1.807, 2.05) is 0 Å². The number of cyclic esters (lactones) is 1. The maximum atomic E-state index is 14.9. The Morgan fingerprint density at radius 3 is 2.84 bits per heavy atom. The van der Waals surface area contributed by atoms with Gasteiger partial charge in [-0.2, -0.15) is 9.78 Å².